The molecule has 1 aliphatic heterocycles. The fraction of sp³-hybridized carbons (Fsp3) is 0.389. The van der Waals surface area contributed by atoms with E-state index in [4.69, 9.17) is 5.73 Å². The zero-order valence-corrected chi connectivity index (χ0v) is 16.5. The van der Waals surface area contributed by atoms with Gasteiger partial charge in [0.05, 0.1) is 4.90 Å². The molecule has 1 aromatic heterocycles. The Morgan fingerprint density at radius 1 is 1.12 bits per heavy atom. The molecular weight excluding hydrogens is 370 g/mol. The number of carbonyl (C=O) groups is 1. The Morgan fingerprint density at radius 2 is 1.73 bits per heavy atom. The summed E-state index contributed by atoms with van der Waals surface area (Å²) in [5, 5.41) is 0. The van der Waals surface area contributed by atoms with Crippen LogP contribution in [0.4, 0.5) is 0 Å². The molecule has 3 rings (SSSR count). The van der Waals surface area contributed by atoms with E-state index in [9.17, 15) is 13.2 Å². The molecule has 2 heterocycles. The van der Waals surface area contributed by atoms with E-state index in [1.165, 1.54) is 15.6 Å². The topological polar surface area (TPSA) is 83.7 Å². The number of carbonyl (C=O) groups excluding carboxylic acids is 1. The van der Waals surface area contributed by atoms with Crippen LogP contribution in [0.5, 0.6) is 0 Å². The molecule has 8 heteroatoms. The second-order valence-corrected chi connectivity index (χ2v) is 9.76. The molecule has 1 aliphatic rings. The van der Waals surface area contributed by atoms with Crippen molar-refractivity contribution in [2.75, 3.05) is 26.2 Å². The molecule has 1 aromatic carbocycles. The maximum atomic E-state index is 12.9. The molecule has 1 atom stereocenters. The summed E-state index contributed by atoms with van der Waals surface area (Å²) in [6, 6.07) is 10.2. The van der Waals surface area contributed by atoms with Crippen molar-refractivity contribution in [2.24, 2.45) is 5.73 Å². The normalized spacial score (nSPS) is 17.3. The van der Waals surface area contributed by atoms with E-state index in [1.54, 1.807) is 11.0 Å². The maximum absolute atomic E-state index is 12.9. The molecule has 0 spiro atoms. The quantitative estimate of drug-likeness (QED) is 0.860. The van der Waals surface area contributed by atoms with Crippen LogP contribution in [-0.2, 0) is 14.8 Å². The summed E-state index contributed by atoms with van der Waals surface area (Å²) in [5.74, 6) is -0.171. The number of thiophene rings is 1. The Hall–Kier alpha value is -1.74. The van der Waals surface area contributed by atoms with E-state index in [2.05, 4.69) is 0 Å². The molecule has 6 nitrogen and oxygen atoms in total. The highest BCUT2D eigenvalue weighted by Crippen LogP contribution is 2.28. The molecule has 1 saturated heterocycles. The first-order valence-corrected chi connectivity index (χ1v) is 10.7. The molecule has 26 heavy (non-hydrogen) atoms. The van der Waals surface area contributed by atoms with Crippen LogP contribution in [0.25, 0.3) is 0 Å². The lowest BCUT2D eigenvalue weighted by molar-refractivity contribution is -0.133. The Balaban J connectivity index is 1.67. The highest BCUT2D eigenvalue weighted by atomic mass is 32.2. The molecule has 140 valence electrons. The summed E-state index contributed by atoms with van der Waals surface area (Å²) < 4.78 is 27.2. The lowest BCUT2D eigenvalue weighted by atomic mass is 10.1. The van der Waals surface area contributed by atoms with Crippen LogP contribution in [0.2, 0.25) is 0 Å². The smallest absolute Gasteiger partial charge is 0.244 e. The predicted octanol–water partition coefficient (Wildman–Crippen LogP) is 1.90. The molecule has 2 aromatic rings. The van der Waals surface area contributed by atoms with Gasteiger partial charge in [0, 0.05) is 35.9 Å². The number of nitrogens with zero attached hydrogens (tertiary/aromatic N) is 2. The first-order chi connectivity index (χ1) is 12.3. The van der Waals surface area contributed by atoms with Crippen LogP contribution < -0.4 is 5.73 Å². The summed E-state index contributed by atoms with van der Waals surface area (Å²) in [7, 11) is -3.52. The van der Waals surface area contributed by atoms with Gasteiger partial charge in [-0.25, -0.2) is 8.42 Å². The molecule has 1 amide bonds. The monoisotopic (exact) mass is 393 g/mol. The molecule has 0 bridgehead atoms. The minimum atomic E-state index is -3.52. The number of rotatable bonds is 4. The number of amides is 1. The largest absolute Gasteiger partial charge is 0.338 e. The minimum Gasteiger partial charge on any atom is -0.338 e. The highest BCUT2D eigenvalue weighted by Gasteiger charge is 2.33. The number of piperazine rings is 1. The molecule has 1 unspecified atom stereocenters. The number of benzene rings is 1. The van der Waals surface area contributed by atoms with Crippen LogP contribution in [0.3, 0.4) is 0 Å². The van der Waals surface area contributed by atoms with Gasteiger partial charge in [-0.2, -0.15) is 4.31 Å². The van der Waals surface area contributed by atoms with Gasteiger partial charge in [0.25, 0.3) is 0 Å². The zero-order chi connectivity index (χ0) is 18.9. The fourth-order valence-electron chi connectivity index (χ4n) is 3.15. The van der Waals surface area contributed by atoms with Gasteiger partial charge >= 0.3 is 0 Å². The Bertz CT molecular complexity index is 886. The first kappa shape index (κ1) is 19.0. The van der Waals surface area contributed by atoms with Crippen LogP contribution >= 0.6 is 11.3 Å². The zero-order valence-electron chi connectivity index (χ0n) is 14.9. The molecule has 0 aliphatic carbocycles. The summed E-state index contributed by atoms with van der Waals surface area (Å²) in [6.07, 6.45) is 0. The van der Waals surface area contributed by atoms with E-state index in [0.717, 1.165) is 15.3 Å². The number of sulfonamides is 1. The second kappa shape index (κ2) is 7.48. The van der Waals surface area contributed by atoms with Gasteiger partial charge in [0.15, 0.2) is 0 Å². The number of hydrogen-bond acceptors (Lipinski definition) is 5. The average Bonchev–Trinajstić information content (AvgIpc) is 3.00. The number of hydrogen-bond donors (Lipinski definition) is 1. The Morgan fingerprint density at radius 3 is 2.27 bits per heavy atom. The van der Waals surface area contributed by atoms with Crippen molar-refractivity contribution in [3.63, 3.8) is 0 Å². The maximum Gasteiger partial charge on any atom is 0.244 e. The van der Waals surface area contributed by atoms with Crippen molar-refractivity contribution in [2.45, 2.75) is 24.8 Å². The van der Waals surface area contributed by atoms with Gasteiger partial charge in [-0.3, -0.25) is 4.79 Å². The van der Waals surface area contributed by atoms with E-state index in [0.29, 0.717) is 18.0 Å². The minimum absolute atomic E-state index is 0.171. The van der Waals surface area contributed by atoms with Crippen molar-refractivity contribution in [3.05, 3.63) is 51.7 Å². The van der Waals surface area contributed by atoms with Gasteiger partial charge < -0.3 is 10.6 Å². The highest BCUT2D eigenvalue weighted by molar-refractivity contribution is 7.89. The third kappa shape index (κ3) is 3.68. The van der Waals surface area contributed by atoms with Crippen LogP contribution in [0.1, 0.15) is 21.4 Å². The summed E-state index contributed by atoms with van der Waals surface area (Å²) in [4.78, 5) is 16.4. The van der Waals surface area contributed by atoms with E-state index in [1.807, 2.05) is 44.2 Å². The van der Waals surface area contributed by atoms with Crippen molar-refractivity contribution in [1.29, 1.82) is 0 Å². The van der Waals surface area contributed by atoms with Gasteiger partial charge in [-0.1, -0.05) is 30.3 Å². The van der Waals surface area contributed by atoms with Gasteiger partial charge in [-0.15, -0.1) is 11.3 Å². The Kier molecular flexibility index (Phi) is 5.47. The standard InChI is InChI=1S/C18H23N3O3S2/c1-13-12-16(14(2)25-13)26(23,24)21-10-8-20(9-11-21)18(22)17(19)15-6-4-3-5-7-15/h3-7,12,17H,8-11,19H2,1-2H3. The average molecular weight is 394 g/mol. The van der Waals surface area contributed by atoms with Crippen molar-refractivity contribution < 1.29 is 13.2 Å². The van der Waals surface area contributed by atoms with Crippen LogP contribution in [0.15, 0.2) is 41.3 Å². The number of nitrogens with two attached hydrogens (primary N) is 1. The van der Waals surface area contributed by atoms with Crippen molar-refractivity contribution in [1.82, 2.24) is 9.21 Å². The molecule has 0 saturated carbocycles. The van der Waals surface area contributed by atoms with E-state index in [-0.39, 0.29) is 19.0 Å². The lowest BCUT2D eigenvalue weighted by Crippen LogP contribution is -2.52. The van der Waals surface area contributed by atoms with Crippen LogP contribution in [0, 0.1) is 13.8 Å². The molecule has 1 fully saturated rings. The van der Waals surface area contributed by atoms with Crippen molar-refractivity contribution >= 4 is 27.3 Å². The SMILES string of the molecule is Cc1cc(S(=O)(=O)N2CCN(C(=O)C(N)c3ccccc3)CC2)c(C)s1. The summed E-state index contributed by atoms with van der Waals surface area (Å²) in [6.45, 7) is 4.98. The van der Waals surface area contributed by atoms with Crippen LogP contribution in [-0.4, -0.2) is 49.7 Å². The van der Waals surface area contributed by atoms with E-state index >= 15 is 0 Å². The fourth-order valence-corrected chi connectivity index (χ4v) is 6.10. The second-order valence-electron chi connectivity index (χ2n) is 6.40. The molecule has 2 N–H and O–H groups in total. The predicted molar refractivity (Wildman–Crippen MR) is 103 cm³/mol. The third-order valence-electron chi connectivity index (χ3n) is 4.59. The Labute approximate surface area is 158 Å². The molecular formula is C18H23N3O3S2. The summed E-state index contributed by atoms with van der Waals surface area (Å²) >= 11 is 1.48. The molecule has 0 radical (unpaired) electrons. The van der Waals surface area contributed by atoms with Gasteiger partial charge in [0.1, 0.15) is 6.04 Å². The van der Waals surface area contributed by atoms with Gasteiger partial charge in [-0.05, 0) is 25.5 Å². The summed E-state index contributed by atoms with van der Waals surface area (Å²) in [5.41, 5.74) is 6.84. The van der Waals surface area contributed by atoms with Gasteiger partial charge in [0.2, 0.25) is 15.9 Å². The van der Waals surface area contributed by atoms with E-state index < -0.39 is 16.1 Å². The first-order valence-electron chi connectivity index (χ1n) is 8.47. The van der Waals surface area contributed by atoms with Crippen molar-refractivity contribution in [3.8, 4) is 0 Å². The third-order valence-corrected chi connectivity index (χ3v) is 7.71. The number of aryl methyl sites for hydroxylation is 2. The lowest BCUT2D eigenvalue weighted by Gasteiger charge is -2.35.